The smallest absolute Gasteiger partial charge is 0.423 e. The Hall–Kier alpha value is -2.51. The maximum atomic E-state index is 9.79. The summed E-state index contributed by atoms with van der Waals surface area (Å²) in [5.74, 6) is 0. The predicted octanol–water partition coefficient (Wildman–Crippen LogP) is -2.11. The Morgan fingerprint density at radius 3 is 1.28 bits per heavy atom. The lowest BCUT2D eigenvalue weighted by Gasteiger charge is -2.24. The van der Waals surface area contributed by atoms with E-state index in [1.807, 2.05) is 36.4 Å². The molecule has 3 aromatic rings. The van der Waals surface area contributed by atoms with E-state index in [9.17, 15) is 30.1 Å². The van der Waals surface area contributed by atoms with E-state index in [2.05, 4.69) is 15.5 Å². The Morgan fingerprint density at radius 2 is 0.872 bits per heavy atom. The summed E-state index contributed by atoms with van der Waals surface area (Å²) in [5, 5.41) is 64.6. The number of rotatable bonds is 17. The minimum atomic E-state index is -1.53. The van der Waals surface area contributed by atoms with Crippen LogP contribution >= 0.6 is 0 Å². The molecule has 9 nitrogen and oxygen atoms in total. The van der Waals surface area contributed by atoms with Gasteiger partial charge in [-0.2, -0.15) is 0 Å². The topological polar surface area (TPSA) is 149 Å². The Balaban J connectivity index is 1.51. The fourth-order valence-corrected chi connectivity index (χ4v) is 4.64. The molecule has 206 valence electrons. The summed E-state index contributed by atoms with van der Waals surface area (Å²) >= 11 is 0. The maximum Gasteiger partial charge on any atom is 0.488 e. The quantitative estimate of drug-likeness (QED) is 0.0722. The van der Waals surface area contributed by atoms with Crippen LogP contribution in [-0.2, 0) is 19.6 Å². The molecule has 0 unspecified atom stereocenters. The monoisotopic (exact) mass is 533 g/mol. The molecular formula is C27H38B3N3O6. The molecule has 3 rings (SSSR count). The van der Waals surface area contributed by atoms with Gasteiger partial charge in [-0.25, -0.2) is 0 Å². The Morgan fingerprint density at radius 1 is 0.513 bits per heavy atom. The third-order valence-corrected chi connectivity index (χ3v) is 6.68. The number of nitrogens with zero attached hydrogens (tertiary/aromatic N) is 1. The molecule has 39 heavy (non-hydrogen) atoms. The second kappa shape index (κ2) is 16.6. The van der Waals surface area contributed by atoms with Gasteiger partial charge in [0.05, 0.1) is 0 Å². The lowest BCUT2D eigenvalue weighted by molar-refractivity contribution is 0.256. The van der Waals surface area contributed by atoms with Gasteiger partial charge < -0.3 is 40.8 Å². The lowest BCUT2D eigenvalue weighted by atomic mass is 9.77. The number of nitrogens with one attached hydrogen (secondary N) is 2. The first kappa shape index (κ1) is 31.0. The molecule has 0 fully saturated rings. The largest absolute Gasteiger partial charge is 0.488 e. The van der Waals surface area contributed by atoms with Crippen molar-refractivity contribution in [3.63, 3.8) is 0 Å². The number of hydrogen-bond acceptors (Lipinski definition) is 9. The van der Waals surface area contributed by atoms with E-state index in [4.69, 9.17) is 0 Å². The van der Waals surface area contributed by atoms with E-state index >= 15 is 0 Å². The fraction of sp³-hybridized carbons (Fsp3) is 0.333. The van der Waals surface area contributed by atoms with Crippen molar-refractivity contribution in [3.05, 3.63) is 89.5 Å². The van der Waals surface area contributed by atoms with Gasteiger partial charge in [-0.1, -0.05) is 72.8 Å². The van der Waals surface area contributed by atoms with Gasteiger partial charge in [-0.05, 0) is 72.1 Å². The molecule has 0 saturated carbocycles. The standard InChI is InChI=1S/C27H38B3N3O6/c34-28(35)25-12-4-1-9-22(25)19-31-15-7-17-33(21-24-11-3-6-14-27(24)30(38)39)18-8-16-32-20-23-10-2-5-13-26(23)29(36)37/h1-6,9-14,31-32,34-39H,7-8,15-21H2. The van der Waals surface area contributed by atoms with Gasteiger partial charge in [0.15, 0.2) is 0 Å². The second-order valence-corrected chi connectivity index (χ2v) is 9.55. The third kappa shape index (κ3) is 10.2. The van der Waals surface area contributed by atoms with Crippen molar-refractivity contribution in [1.82, 2.24) is 15.5 Å². The van der Waals surface area contributed by atoms with E-state index < -0.39 is 21.4 Å². The van der Waals surface area contributed by atoms with Crippen LogP contribution in [0.5, 0.6) is 0 Å². The molecule has 0 radical (unpaired) electrons. The zero-order chi connectivity index (χ0) is 28.0. The molecule has 8 N–H and O–H groups in total. The first-order chi connectivity index (χ1) is 18.9. The van der Waals surface area contributed by atoms with E-state index in [1.54, 1.807) is 36.4 Å². The molecule has 3 aromatic carbocycles. The number of hydrogen-bond donors (Lipinski definition) is 8. The summed E-state index contributed by atoms with van der Waals surface area (Å²) in [6.45, 7) is 4.67. The fourth-order valence-electron chi connectivity index (χ4n) is 4.64. The summed E-state index contributed by atoms with van der Waals surface area (Å²) in [5.41, 5.74) is 4.04. The summed E-state index contributed by atoms with van der Waals surface area (Å²) in [6.07, 6.45) is 1.70. The molecule has 12 heteroatoms. The van der Waals surface area contributed by atoms with Gasteiger partial charge in [0.2, 0.25) is 0 Å². The van der Waals surface area contributed by atoms with Crippen LogP contribution in [0.2, 0.25) is 0 Å². The van der Waals surface area contributed by atoms with E-state index in [-0.39, 0.29) is 0 Å². The van der Waals surface area contributed by atoms with Crippen molar-refractivity contribution >= 4 is 37.7 Å². The number of benzene rings is 3. The molecule has 0 bridgehead atoms. The SMILES string of the molecule is OB(O)c1ccccc1CNCCCN(CCCNCc1ccccc1B(O)O)Cc1ccccc1B(O)O. The molecule has 0 aromatic heterocycles. The molecule has 0 aliphatic rings. The molecule has 0 spiro atoms. The first-order valence-corrected chi connectivity index (χ1v) is 13.3. The Kier molecular flexibility index (Phi) is 13.2. The van der Waals surface area contributed by atoms with Gasteiger partial charge in [-0.15, -0.1) is 0 Å². The van der Waals surface area contributed by atoms with Crippen molar-refractivity contribution in [2.45, 2.75) is 32.5 Å². The highest BCUT2D eigenvalue weighted by Crippen LogP contribution is 2.06. The van der Waals surface area contributed by atoms with Crippen LogP contribution in [0.3, 0.4) is 0 Å². The summed E-state index contributed by atoms with van der Waals surface area (Å²) in [6, 6.07) is 21.8. The zero-order valence-corrected chi connectivity index (χ0v) is 22.2. The summed E-state index contributed by atoms with van der Waals surface area (Å²) in [4.78, 5) is 2.28. The van der Waals surface area contributed by atoms with Crippen LogP contribution in [0, 0.1) is 0 Å². The predicted molar refractivity (Wildman–Crippen MR) is 157 cm³/mol. The van der Waals surface area contributed by atoms with Gasteiger partial charge in [0.25, 0.3) is 0 Å². The minimum absolute atomic E-state index is 0.495. The van der Waals surface area contributed by atoms with Crippen LogP contribution in [-0.4, -0.2) is 82.6 Å². The molecule has 0 amide bonds. The van der Waals surface area contributed by atoms with Gasteiger partial charge in [0, 0.05) is 19.6 Å². The van der Waals surface area contributed by atoms with Crippen LogP contribution in [0.25, 0.3) is 0 Å². The second-order valence-electron chi connectivity index (χ2n) is 9.55. The average Bonchev–Trinajstić information content (AvgIpc) is 2.93. The van der Waals surface area contributed by atoms with E-state index in [0.29, 0.717) is 36.0 Å². The highest BCUT2D eigenvalue weighted by molar-refractivity contribution is 6.59. The van der Waals surface area contributed by atoms with Gasteiger partial charge in [-0.3, -0.25) is 4.90 Å². The highest BCUT2D eigenvalue weighted by atomic mass is 16.4. The molecule has 0 aliphatic heterocycles. The third-order valence-electron chi connectivity index (χ3n) is 6.68. The van der Waals surface area contributed by atoms with Crippen molar-refractivity contribution in [3.8, 4) is 0 Å². The Bertz CT molecular complexity index is 1080. The summed E-state index contributed by atoms with van der Waals surface area (Å²) < 4.78 is 0. The molecule has 0 saturated heterocycles. The van der Waals surface area contributed by atoms with Gasteiger partial charge >= 0.3 is 21.4 Å². The van der Waals surface area contributed by atoms with Crippen LogP contribution in [0.15, 0.2) is 72.8 Å². The van der Waals surface area contributed by atoms with Crippen LogP contribution in [0.1, 0.15) is 29.5 Å². The normalized spacial score (nSPS) is 11.2. The molecule has 0 atom stereocenters. The molecule has 0 aliphatic carbocycles. The maximum absolute atomic E-state index is 9.79. The molecular weight excluding hydrogens is 495 g/mol. The zero-order valence-electron chi connectivity index (χ0n) is 22.2. The van der Waals surface area contributed by atoms with E-state index in [1.165, 1.54) is 0 Å². The first-order valence-electron chi connectivity index (χ1n) is 13.3. The lowest BCUT2D eigenvalue weighted by Crippen LogP contribution is -2.37. The van der Waals surface area contributed by atoms with Crippen molar-refractivity contribution in [2.24, 2.45) is 0 Å². The summed E-state index contributed by atoms with van der Waals surface area (Å²) in [7, 11) is -4.54. The average molecular weight is 533 g/mol. The Labute approximate surface area is 231 Å². The van der Waals surface area contributed by atoms with Crippen molar-refractivity contribution in [2.75, 3.05) is 26.2 Å². The van der Waals surface area contributed by atoms with Gasteiger partial charge in [0.1, 0.15) is 0 Å². The van der Waals surface area contributed by atoms with E-state index in [0.717, 1.165) is 55.7 Å². The van der Waals surface area contributed by atoms with Crippen molar-refractivity contribution in [1.29, 1.82) is 0 Å². The van der Waals surface area contributed by atoms with Crippen LogP contribution in [0.4, 0.5) is 0 Å². The van der Waals surface area contributed by atoms with Crippen molar-refractivity contribution < 1.29 is 30.1 Å². The highest BCUT2D eigenvalue weighted by Gasteiger charge is 2.18. The minimum Gasteiger partial charge on any atom is -0.423 e. The van der Waals surface area contributed by atoms with Crippen LogP contribution < -0.4 is 27.0 Å². The molecule has 0 heterocycles.